The topological polar surface area (TPSA) is 29.5 Å². The van der Waals surface area contributed by atoms with Crippen LogP contribution in [0.4, 0.5) is 5.69 Å². The average molecular weight is 254 g/mol. The van der Waals surface area contributed by atoms with Crippen molar-refractivity contribution in [2.45, 2.75) is 19.8 Å². The number of nitrogens with zero attached hydrogens (tertiary/aromatic N) is 1. The number of benzene rings is 1. The predicted molar refractivity (Wildman–Crippen MR) is 69.6 cm³/mol. The van der Waals surface area contributed by atoms with Crippen LogP contribution in [0, 0.1) is 6.92 Å². The first-order valence-corrected chi connectivity index (χ1v) is 6.14. The number of halogens is 1. The van der Waals surface area contributed by atoms with Gasteiger partial charge in [0.05, 0.1) is 17.8 Å². The summed E-state index contributed by atoms with van der Waals surface area (Å²) in [5.41, 5.74) is 2.33. The molecule has 0 amide bonds. The lowest BCUT2D eigenvalue weighted by molar-refractivity contribution is 0.112. The van der Waals surface area contributed by atoms with E-state index in [4.69, 9.17) is 16.3 Å². The number of aldehydes is 1. The molecule has 0 bridgehead atoms. The van der Waals surface area contributed by atoms with Gasteiger partial charge in [-0.2, -0.15) is 0 Å². The monoisotopic (exact) mass is 253 g/mol. The highest BCUT2D eigenvalue weighted by Crippen LogP contribution is 2.38. The molecular formula is C13H16ClNO2. The maximum Gasteiger partial charge on any atom is 0.151 e. The molecule has 0 atom stereocenters. The molecule has 0 N–H and O–H groups in total. The minimum Gasteiger partial charge on any atom is -0.494 e. The van der Waals surface area contributed by atoms with Crippen LogP contribution >= 0.6 is 11.6 Å². The largest absolute Gasteiger partial charge is 0.494 e. The van der Waals surface area contributed by atoms with E-state index in [9.17, 15) is 4.79 Å². The summed E-state index contributed by atoms with van der Waals surface area (Å²) in [5, 5.41) is 0.500. The molecule has 1 aromatic rings. The van der Waals surface area contributed by atoms with Gasteiger partial charge in [-0.3, -0.25) is 4.79 Å². The third kappa shape index (κ3) is 2.12. The lowest BCUT2D eigenvalue weighted by Gasteiger charge is -2.23. The Kier molecular flexibility index (Phi) is 3.57. The molecule has 2 rings (SSSR count). The average Bonchev–Trinajstić information content (AvgIpc) is 2.82. The maximum absolute atomic E-state index is 11.0. The van der Waals surface area contributed by atoms with E-state index in [1.165, 1.54) is 12.8 Å². The van der Waals surface area contributed by atoms with Gasteiger partial charge in [0, 0.05) is 24.2 Å². The summed E-state index contributed by atoms with van der Waals surface area (Å²) < 4.78 is 5.43. The van der Waals surface area contributed by atoms with E-state index in [-0.39, 0.29) is 0 Å². The number of hydrogen-bond acceptors (Lipinski definition) is 3. The summed E-state index contributed by atoms with van der Waals surface area (Å²) in [6, 6.07) is 1.84. The van der Waals surface area contributed by atoms with Crippen molar-refractivity contribution in [1.29, 1.82) is 0 Å². The van der Waals surface area contributed by atoms with E-state index in [1.807, 2.05) is 13.0 Å². The van der Waals surface area contributed by atoms with Crippen LogP contribution in [-0.2, 0) is 0 Å². The normalized spacial score (nSPS) is 15.1. The number of carbonyl (C=O) groups is 1. The van der Waals surface area contributed by atoms with E-state index in [1.54, 1.807) is 7.11 Å². The summed E-state index contributed by atoms with van der Waals surface area (Å²) in [6.07, 6.45) is 3.17. The fraction of sp³-hybridized carbons (Fsp3) is 0.462. The Morgan fingerprint density at radius 2 is 2.06 bits per heavy atom. The molecule has 1 heterocycles. The Bertz CT molecular complexity index is 440. The zero-order valence-corrected chi connectivity index (χ0v) is 10.9. The molecule has 0 saturated carbocycles. The van der Waals surface area contributed by atoms with Gasteiger partial charge >= 0.3 is 0 Å². The zero-order valence-electron chi connectivity index (χ0n) is 10.1. The van der Waals surface area contributed by atoms with Gasteiger partial charge in [0.1, 0.15) is 5.75 Å². The maximum atomic E-state index is 11.0. The number of hydrogen-bond donors (Lipinski definition) is 0. The van der Waals surface area contributed by atoms with Crippen molar-refractivity contribution in [3.63, 3.8) is 0 Å². The van der Waals surface area contributed by atoms with E-state index in [0.717, 1.165) is 36.4 Å². The molecule has 1 aromatic carbocycles. The van der Waals surface area contributed by atoms with Gasteiger partial charge in [-0.15, -0.1) is 0 Å². The zero-order chi connectivity index (χ0) is 12.4. The first kappa shape index (κ1) is 12.2. The molecule has 0 unspecified atom stereocenters. The smallest absolute Gasteiger partial charge is 0.151 e. The Hall–Kier alpha value is -1.22. The minimum atomic E-state index is 0.500. The number of anilines is 1. The van der Waals surface area contributed by atoms with Crippen molar-refractivity contribution >= 4 is 23.6 Å². The Morgan fingerprint density at radius 3 is 2.59 bits per heavy atom. The number of carbonyl (C=O) groups excluding carboxylic acids is 1. The van der Waals surface area contributed by atoms with Gasteiger partial charge in [0.15, 0.2) is 6.29 Å². The number of ether oxygens (including phenoxy) is 1. The van der Waals surface area contributed by atoms with Crippen molar-refractivity contribution in [2.75, 3.05) is 25.1 Å². The molecule has 1 saturated heterocycles. The van der Waals surface area contributed by atoms with Gasteiger partial charge in [-0.25, -0.2) is 0 Å². The van der Waals surface area contributed by atoms with Crippen LogP contribution < -0.4 is 9.64 Å². The highest BCUT2D eigenvalue weighted by molar-refractivity contribution is 6.33. The highest BCUT2D eigenvalue weighted by Gasteiger charge is 2.21. The predicted octanol–water partition coefficient (Wildman–Crippen LogP) is 3.07. The molecule has 0 aromatic heterocycles. The molecule has 1 aliphatic rings. The number of methoxy groups -OCH3 is 1. The highest BCUT2D eigenvalue weighted by atomic mass is 35.5. The molecule has 4 heteroatoms. The molecule has 0 spiro atoms. The first-order chi connectivity index (χ1) is 8.19. The fourth-order valence-electron chi connectivity index (χ4n) is 2.35. The summed E-state index contributed by atoms with van der Waals surface area (Å²) in [4.78, 5) is 13.3. The molecule has 1 aliphatic heterocycles. The third-order valence-corrected chi connectivity index (χ3v) is 3.58. The van der Waals surface area contributed by atoms with Crippen LogP contribution in [0.25, 0.3) is 0 Å². The molecular weight excluding hydrogens is 238 g/mol. The summed E-state index contributed by atoms with van der Waals surface area (Å²) in [7, 11) is 1.63. The van der Waals surface area contributed by atoms with Gasteiger partial charge < -0.3 is 9.64 Å². The van der Waals surface area contributed by atoms with Crippen molar-refractivity contribution in [3.8, 4) is 5.75 Å². The lowest BCUT2D eigenvalue weighted by Crippen LogP contribution is -2.19. The summed E-state index contributed by atoms with van der Waals surface area (Å²) >= 11 is 6.13. The second kappa shape index (κ2) is 4.96. The van der Waals surface area contributed by atoms with Gasteiger partial charge in [0.25, 0.3) is 0 Å². The summed E-state index contributed by atoms with van der Waals surface area (Å²) in [5.74, 6) is 0.762. The second-order valence-corrected chi connectivity index (χ2v) is 4.67. The summed E-state index contributed by atoms with van der Waals surface area (Å²) in [6.45, 7) is 3.91. The Labute approximate surface area is 106 Å². The van der Waals surface area contributed by atoms with E-state index in [2.05, 4.69) is 4.90 Å². The molecule has 92 valence electrons. The van der Waals surface area contributed by atoms with Crippen LogP contribution in [0.3, 0.4) is 0 Å². The van der Waals surface area contributed by atoms with Crippen molar-refractivity contribution in [1.82, 2.24) is 0 Å². The Morgan fingerprint density at radius 1 is 1.41 bits per heavy atom. The van der Waals surface area contributed by atoms with Crippen molar-refractivity contribution < 1.29 is 9.53 Å². The van der Waals surface area contributed by atoms with Gasteiger partial charge in [-0.1, -0.05) is 11.6 Å². The molecule has 0 radical (unpaired) electrons. The molecule has 3 nitrogen and oxygen atoms in total. The SMILES string of the molecule is COc1c(N2CCCC2)cc(Cl)c(C=O)c1C. The third-order valence-electron chi connectivity index (χ3n) is 3.27. The van der Waals surface area contributed by atoms with Crippen molar-refractivity contribution in [2.24, 2.45) is 0 Å². The molecule has 17 heavy (non-hydrogen) atoms. The van der Waals surface area contributed by atoms with Crippen LogP contribution in [0.2, 0.25) is 5.02 Å². The van der Waals surface area contributed by atoms with E-state index in [0.29, 0.717) is 10.6 Å². The Balaban J connectivity index is 2.54. The number of rotatable bonds is 3. The second-order valence-electron chi connectivity index (χ2n) is 4.26. The van der Waals surface area contributed by atoms with E-state index < -0.39 is 0 Å². The first-order valence-electron chi connectivity index (χ1n) is 5.76. The van der Waals surface area contributed by atoms with Crippen molar-refractivity contribution in [3.05, 3.63) is 22.2 Å². The lowest BCUT2D eigenvalue weighted by atomic mass is 10.1. The van der Waals surface area contributed by atoms with Crippen LogP contribution in [0.5, 0.6) is 5.75 Å². The van der Waals surface area contributed by atoms with Gasteiger partial charge in [0.2, 0.25) is 0 Å². The molecule has 0 aliphatic carbocycles. The van der Waals surface area contributed by atoms with Crippen LogP contribution in [0.15, 0.2) is 6.07 Å². The van der Waals surface area contributed by atoms with Crippen LogP contribution in [-0.4, -0.2) is 26.5 Å². The van der Waals surface area contributed by atoms with E-state index >= 15 is 0 Å². The quantitative estimate of drug-likeness (QED) is 0.776. The van der Waals surface area contributed by atoms with Crippen LogP contribution in [0.1, 0.15) is 28.8 Å². The standard InChI is InChI=1S/C13H16ClNO2/c1-9-10(8-16)11(14)7-12(13(9)17-2)15-5-3-4-6-15/h7-8H,3-6H2,1-2H3. The minimum absolute atomic E-state index is 0.500. The van der Waals surface area contributed by atoms with Gasteiger partial charge in [-0.05, 0) is 25.8 Å². The fourth-order valence-corrected chi connectivity index (χ4v) is 2.64. The molecule has 1 fully saturated rings.